The first-order valence-corrected chi connectivity index (χ1v) is 35.8. The highest BCUT2D eigenvalue weighted by Gasteiger charge is 2.47. The standard InChI is InChI=1S/C27H31F3N.C26H32N.C25H30N.C23H26N/c1-17-13-25(31(7)16-20(17)4)24-14-23(18(2)12-19(24)3)22-10-8-21(9-11-22)15-26(5,6)27(28,29)30;1-17(2)11-22-9-8-10-23(14-22)24-15-25(20(5)12-19(24)4)26-13-18(3)21(6)16-27(26)7;1-16(2)21-9-8-10-22(13-21)23-14-24(19(5)11-18(23)4)25-12-17(3)20(6)15-26(25)7;1-15-8-7-9-20(10-15)21-13-22(18(4)11-17(21)3)23-12-16(2)19(5)14-24(23)6/h8-14,16H,15H2,1-7H3;8-10,12-17H,11H2,1-7H3;8-16H,1-7H3;7-14H,1-6H3/q4*+1/i2D3,4D3,15D2;4D3,6D3,11D2;4D3,6D3,16D;3D3,5D3. The zero-order chi connectivity index (χ0) is 104. The summed E-state index contributed by atoms with van der Waals surface area (Å²) in [6, 6.07) is 48.7. The molecule has 0 N–H and O–H groups in total. The van der Waals surface area contributed by atoms with E-state index >= 15 is 0 Å². The Morgan fingerprint density at radius 1 is 0.333 bits per heavy atom. The molecule has 0 bridgehead atoms. The van der Waals surface area contributed by atoms with E-state index in [0.717, 1.165) is 86.6 Å². The molecule has 0 amide bonds. The van der Waals surface area contributed by atoms with Crippen LogP contribution < -0.4 is 18.3 Å². The van der Waals surface area contributed by atoms with Crippen LogP contribution >= 0.6 is 0 Å². The number of halogens is 3. The molecule has 12 aromatic rings. The minimum Gasteiger partial charge on any atom is -0.201 e. The van der Waals surface area contributed by atoms with Gasteiger partial charge in [-0.15, -0.1) is 0 Å². The van der Waals surface area contributed by atoms with Crippen LogP contribution in [0, 0.1) is 128 Å². The fourth-order valence-corrected chi connectivity index (χ4v) is 13.0. The van der Waals surface area contributed by atoms with E-state index in [0.29, 0.717) is 89.1 Å². The molecule has 0 fully saturated rings. The van der Waals surface area contributed by atoms with Crippen molar-refractivity contribution in [1.29, 1.82) is 0 Å². The van der Waals surface area contributed by atoms with E-state index in [9.17, 15) is 13.2 Å². The van der Waals surface area contributed by atoms with Crippen LogP contribution in [0.15, 0.2) is 195 Å². The summed E-state index contributed by atoms with van der Waals surface area (Å²) >= 11 is 0. The molecule has 0 aliphatic rings. The third kappa shape index (κ3) is 19.3. The number of hydrogen-bond donors (Lipinski definition) is 0. The second kappa shape index (κ2) is 34.2. The van der Waals surface area contributed by atoms with Crippen LogP contribution in [-0.2, 0) is 40.9 Å². The zero-order valence-electron chi connectivity index (χ0n) is 94.5. The summed E-state index contributed by atoms with van der Waals surface area (Å²) in [4.78, 5) is 0. The average molecular weight is 1480 g/mol. The number of benzene rings is 8. The predicted octanol–water partition coefficient (Wildman–Crippen LogP) is 25.1. The molecule has 4 nitrogen and oxygen atoms in total. The van der Waals surface area contributed by atoms with Crippen LogP contribution in [0.25, 0.3) is 89.5 Å². The summed E-state index contributed by atoms with van der Waals surface area (Å²) in [6.07, 6.45) is -2.72. The summed E-state index contributed by atoms with van der Waals surface area (Å²) in [5.74, 6) is -1.08. The Kier molecular flexibility index (Phi) is 16.0. The van der Waals surface area contributed by atoms with Crippen molar-refractivity contribution in [1.82, 2.24) is 0 Å². The Balaban J connectivity index is 0.000000205. The smallest absolute Gasteiger partial charge is 0.201 e. The van der Waals surface area contributed by atoms with Gasteiger partial charge in [0, 0.05) is 109 Å². The van der Waals surface area contributed by atoms with Crippen molar-refractivity contribution in [2.24, 2.45) is 39.5 Å². The van der Waals surface area contributed by atoms with Gasteiger partial charge < -0.3 is 0 Å². The molecule has 108 heavy (non-hydrogen) atoms. The van der Waals surface area contributed by atoms with Crippen molar-refractivity contribution in [2.75, 3.05) is 0 Å². The summed E-state index contributed by atoms with van der Waals surface area (Å²) < 4.78 is 280. The summed E-state index contributed by atoms with van der Waals surface area (Å²) in [6.45, 7) is 6.80. The first kappa shape index (κ1) is 50.7. The van der Waals surface area contributed by atoms with Crippen LogP contribution in [0.5, 0.6) is 0 Å². The number of aryl methyl sites for hydroxylation is 21. The molecule has 0 saturated carbocycles. The van der Waals surface area contributed by atoms with Gasteiger partial charge in [0.15, 0.2) is 24.8 Å². The van der Waals surface area contributed by atoms with Crippen molar-refractivity contribution < 1.29 is 71.2 Å². The maximum absolute atomic E-state index is 13.6. The van der Waals surface area contributed by atoms with Crippen molar-refractivity contribution in [2.45, 2.75) is 183 Å². The van der Waals surface area contributed by atoms with Crippen molar-refractivity contribution >= 4 is 0 Å². The Bertz CT molecular complexity index is 6510. The van der Waals surface area contributed by atoms with Gasteiger partial charge in [-0.25, -0.2) is 18.3 Å². The third-order valence-electron chi connectivity index (χ3n) is 19.6. The highest BCUT2D eigenvalue weighted by Crippen LogP contribution is 2.42. The van der Waals surface area contributed by atoms with Crippen LogP contribution in [0.4, 0.5) is 13.2 Å². The molecule has 8 aromatic carbocycles. The summed E-state index contributed by atoms with van der Waals surface area (Å²) in [7, 11) is 7.08. The monoisotopic (exact) mass is 1470 g/mol. The van der Waals surface area contributed by atoms with E-state index in [2.05, 4.69) is 0 Å². The second-order valence-corrected chi connectivity index (χ2v) is 29.5. The molecule has 0 aliphatic heterocycles. The van der Waals surface area contributed by atoms with Gasteiger partial charge in [-0.2, -0.15) is 13.2 Å². The summed E-state index contributed by atoms with van der Waals surface area (Å²) in [5.41, 5.74) is 17.7. The molecular weight excluding hydrogens is 1330 g/mol. The van der Waals surface area contributed by atoms with Crippen LogP contribution in [-0.4, -0.2) is 6.18 Å². The van der Waals surface area contributed by atoms with Gasteiger partial charge in [0.05, 0.1) is 5.41 Å². The van der Waals surface area contributed by atoms with Gasteiger partial charge in [0.1, 0.15) is 28.2 Å². The molecule has 0 aliphatic carbocycles. The van der Waals surface area contributed by atoms with Gasteiger partial charge in [-0.05, 0) is 294 Å². The number of nitrogens with zero attached hydrogens (tertiary/aromatic N) is 4. The molecule has 0 unspecified atom stereocenters. The molecule has 0 atom stereocenters. The SMILES string of the molecule is [2H]C([2H])([2H])c1c[n+](C)c(-c2cc(-c3ccc(C([2H])([2H])C(C)(C)C(F)(F)F)cc3)c(C([2H])([2H])[2H])cc2C)cc1C.[2H]C([2H])([2H])c1c[n+](C)c(-c2cc(-c3cccc(C([2H])(C)C)c3)c(C([2H])([2H])[2H])cc2C)cc1C.[2H]C([2H])([2H])c1c[n+](C)c(-c2cc(-c3cccc(C([2H])([2H])C(C)C)c3)c(C([2H])([2H])[2H])cc2C)cc1C.[2H]C([2H])([2H])c1c[n+](C)c(-c2cc(-c3cccc(C)c3)c(C([2H])([2H])[2H])cc2C)cc1C. The normalized spacial score (nSPS) is 16.8. The molecule has 4 heterocycles. The molecule has 0 spiro atoms. The lowest BCUT2D eigenvalue weighted by Gasteiger charge is -2.27. The van der Waals surface area contributed by atoms with E-state index in [1.807, 2.05) is 134 Å². The highest BCUT2D eigenvalue weighted by molar-refractivity contribution is 5.80. The lowest BCUT2D eigenvalue weighted by atomic mass is 9.84. The van der Waals surface area contributed by atoms with Crippen molar-refractivity contribution in [3.63, 3.8) is 0 Å². The lowest BCUT2D eigenvalue weighted by molar-refractivity contribution is -0.660. The van der Waals surface area contributed by atoms with Gasteiger partial charge in [-0.3, -0.25) is 0 Å². The number of alkyl halides is 3. The average Bonchev–Trinajstić information content (AvgIpc) is 0.501. The van der Waals surface area contributed by atoms with Crippen LogP contribution in [0.1, 0.15) is 198 Å². The minimum atomic E-state index is -4.79. The fraction of sp³-hybridized carbons (Fsp3) is 0.327. The molecule has 0 radical (unpaired) electrons. The molecule has 4 aromatic heterocycles. The topological polar surface area (TPSA) is 15.5 Å². The maximum atomic E-state index is 13.6. The van der Waals surface area contributed by atoms with Crippen molar-refractivity contribution in [3.8, 4) is 89.5 Å². The minimum absolute atomic E-state index is 0.0358. The summed E-state index contributed by atoms with van der Waals surface area (Å²) in [5, 5.41) is 0. The zero-order valence-corrected chi connectivity index (χ0v) is 65.5. The predicted molar refractivity (Wildman–Crippen MR) is 451 cm³/mol. The third-order valence-corrected chi connectivity index (χ3v) is 19.6. The maximum Gasteiger partial charge on any atom is 0.394 e. The molecular formula is C101H119F3N4+4. The van der Waals surface area contributed by atoms with E-state index < -0.39 is 85.0 Å². The fourth-order valence-electron chi connectivity index (χ4n) is 13.0. The molecule has 0 saturated heterocycles. The number of rotatable bonds is 13. The number of aromatic nitrogens is 4. The van der Waals surface area contributed by atoms with E-state index in [4.69, 9.17) is 39.8 Å². The Labute approximate surface area is 687 Å². The quantitative estimate of drug-likeness (QED) is 0.102. The van der Waals surface area contributed by atoms with E-state index in [-0.39, 0.29) is 44.9 Å². The van der Waals surface area contributed by atoms with Gasteiger partial charge in [0.25, 0.3) is 0 Å². The molecule has 560 valence electrons. The van der Waals surface area contributed by atoms with Crippen LogP contribution in [0.3, 0.4) is 0 Å². The largest absolute Gasteiger partial charge is 0.394 e. The molecule has 12 rings (SSSR count). The van der Waals surface area contributed by atoms with Gasteiger partial charge in [-0.1, -0.05) is 168 Å². The lowest BCUT2D eigenvalue weighted by Crippen LogP contribution is -2.34. The first-order valence-electron chi connectivity index (χ1n) is 50.3. The van der Waals surface area contributed by atoms with Gasteiger partial charge >= 0.3 is 6.18 Å². The van der Waals surface area contributed by atoms with Crippen LogP contribution in [0.2, 0.25) is 0 Å². The van der Waals surface area contributed by atoms with E-state index in [1.54, 1.807) is 161 Å². The Morgan fingerprint density at radius 2 is 0.657 bits per heavy atom. The Hall–Kier alpha value is -9.85. The molecule has 7 heteroatoms. The number of hydrogen-bond acceptors (Lipinski definition) is 0. The van der Waals surface area contributed by atoms with E-state index in [1.165, 1.54) is 36.5 Å². The highest BCUT2D eigenvalue weighted by atomic mass is 19.4. The number of pyridine rings is 4. The van der Waals surface area contributed by atoms with Gasteiger partial charge in [0.2, 0.25) is 22.8 Å². The second-order valence-electron chi connectivity index (χ2n) is 29.5. The Morgan fingerprint density at radius 3 is 0.981 bits per heavy atom. The van der Waals surface area contributed by atoms with Crippen molar-refractivity contribution in [3.05, 3.63) is 306 Å². The first-order chi connectivity index (χ1) is 62.2.